The van der Waals surface area contributed by atoms with E-state index in [1.807, 2.05) is 0 Å². The Morgan fingerprint density at radius 1 is 1.11 bits per heavy atom. The number of benzene rings is 2. The Morgan fingerprint density at radius 3 is 2.49 bits per heavy atom. The molecule has 0 unspecified atom stereocenters. The molecule has 3 N–H and O–H groups in total. The number of guanidine groups is 1. The molecule has 0 radical (unpaired) electrons. The average molecular weight is 529 g/mol. The summed E-state index contributed by atoms with van der Waals surface area (Å²) in [6.45, 7) is 0.292. The molecule has 3 aromatic rings. The first-order valence-electron chi connectivity index (χ1n) is 11.1. The average Bonchev–Trinajstić information content (AvgIpc) is 3.53. The third-order valence-corrected chi connectivity index (χ3v) is 5.85. The molecular weight excluding hydrogens is 508 g/mol. The van der Waals surface area contributed by atoms with Gasteiger partial charge in [0, 0.05) is 18.5 Å². The van der Waals surface area contributed by atoms with E-state index in [-0.39, 0.29) is 36.3 Å². The number of likely N-dealkylation sites (tertiary alicyclic amines) is 1. The molecule has 0 saturated carbocycles. The maximum absolute atomic E-state index is 13.8. The molecule has 0 spiro atoms. The van der Waals surface area contributed by atoms with Crippen LogP contribution >= 0.6 is 0 Å². The summed E-state index contributed by atoms with van der Waals surface area (Å²) in [6.07, 6.45) is -7.87. The first-order valence-corrected chi connectivity index (χ1v) is 11.1. The van der Waals surface area contributed by atoms with Gasteiger partial charge in [-0.1, -0.05) is 22.4 Å². The second-order valence-corrected chi connectivity index (χ2v) is 8.27. The zero-order valence-electron chi connectivity index (χ0n) is 19.1. The fraction of sp³-hybridized carbons (Fsp3) is 0.348. The molecule has 198 valence electrons. The summed E-state index contributed by atoms with van der Waals surface area (Å²) in [5.41, 5.74) is 4.29. The third-order valence-electron chi connectivity index (χ3n) is 5.85. The fourth-order valence-electron chi connectivity index (χ4n) is 4.00. The third kappa shape index (κ3) is 5.89. The van der Waals surface area contributed by atoms with Gasteiger partial charge in [-0.3, -0.25) is 0 Å². The van der Waals surface area contributed by atoms with Crippen LogP contribution in [-0.4, -0.2) is 39.4 Å². The normalized spacial score (nSPS) is 16.9. The fourth-order valence-corrected chi connectivity index (χ4v) is 4.00. The van der Waals surface area contributed by atoms with Gasteiger partial charge < -0.3 is 25.1 Å². The molecule has 2 aromatic carbocycles. The minimum atomic E-state index is -4.76. The van der Waals surface area contributed by atoms with E-state index >= 15 is 0 Å². The zero-order valence-corrected chi connectivity index (χ0v) is 19.1. The number of hydrogen-bond acceptors (Lipinski definition) is 6. The van der Waals surface area contributed by atoms with E-state index in [0.717, 1.165) is 24.3 Å². The van der Waals surface area contributed by atoms with E-state index in [9.17, 15) is 26.3 Å². The van der Waals surface area contributed by atoms with Crippen LogP contribution in [0.25, 0.3) is 11.4 Å². The van der Waals surface area contributed by atoms with Gasteiger partial charge in [0.1, 0.15) is 11.8 Å². The monoisotopic (exact) mass is 529 g/mol. The highest BCUT2D eigenvalue weighted by atomic mass is 19.4. The maximum Gasteiger partial charge on any atom is 0.419 e. The first-order chi connectivity index (χ1) is 17.5. The topological polar surface area (TPSA) is 110 Å². The van der Waals surface area contributed by atoms with Crippen molar-refractivity contribution in [3.63, 3.8) is 0 Å². The summed E-state index contributed by atoms with van der Waals surface area (Å²) in [4.78, 5) is 5.76. The molecule has 14 heteroatoms. The molecule has 0 bridgehead atoms. The Morgan fingerprint density at radius 2 is 1.84 bits per heavy atom. The van der Waals surface area contributed by atoms with E-state index in [4.69, 9.17) is 20.2 Å². The molecule has 1 atom stereocenters. The van der Waals surface area contributed by atoms with Crippen molar-refractivity contribution >= 4 is 5.96 Å². The summed E-state index contributed by atoms with van der Waals surface area (Å²) in [5.74, 6) is -0.548. The van der Waals surface area contributed by atoms with Gasteiger partial charge in [-0.15, -0.1) is 0 Å². The van der Waals surface area contributed by atoms with E-state index in [1.165, 1.54) is 18.2 Å². The standard InChI is InChI=1S/C23H21F6N5O3/c24-22(25,26)15-6-3-13(4-7-15)9-11-36-18-8-5-14(12-16(18)23(27,28)29)19-31-20(37-33-19)17-2-1-10-34(17)21(30)32-35/h3-8,12,17,35H,1-2,9-11H2,(H2,30,32)/t17-/m0/s1. The highest BCUT2D eigenvalue weighted by Crippen LogP contribution is 2.39. The molecule has 1 aliphatic rings. The van der Waals surface area contributed by atoms with Gasteiger partial charge in [0.2, 0.25) is 17.7 Å². The van der Waals surface area contributed by atoms with Crippen molar-refractivity contribution < 1.29 is 40.8 Å². The lowest BCUT2D eigenvalue weighted by Crippen LogP contribution is -2.36. The lowest BCUT2D eigenvalue weighted by atomic mass is 10.1. The van der Waals surface area contributed by atoms with Gasteiger partial charge in [-0.2, -0.15) is 31.3 Å². The second-order valence-electron chi connectivity index (χ2n) is 8.27. The van der Waals surface area contributed by atoms with E-state index in [2.05, 4.69) is 15.3 Å². The number of rotatable bonds is 6. The number of nitrogens with two attached hydrogens (primary N) is 1. The molecule has 4 rings (SSSR count). The number of oxime groups is 1. The first kappa shape index (κ1) is 26.1. The molecule has 8 nitrogen and oxygen atoms in total. The van der Waals surface area contributed by atoms with Gasteiger partial charge in [-0.25, -0.2) is 0 Å². The second kappa shape index (κ2) is 10.2. The number of hydrogen-bond donors (Lipinski definition) is 2. The van der Waals surface area contributed by atoms with E-state index < -0.39 is 35.3 Å². The van der Waals surface area contributed by atoms with E-state index in [1.54, 1.807) is 4.90 Å². The summed E-state index contributed by atoms with van der Waals surface area (Å²) in [7, 11) is 0. The lowest BCUT2D eigenvalue weighted by Gasteiger charge is -2.21. The van der Waals surface area contributed by atoms with Crippen LogP contribution in [-0.2, 0) is 18.8 Å². The number of alkyl halides is 6. The van der Waals surface area contributed by atoms with Crippen LogP contribution in [0, 0.1) is 0 Å². The predicted molar refractivity (Wildman–Crippen MR) is 117 cm³/mol. The Hall–Kier alpha value is -3.97. The highest BCUT2D eigenvalue weighted by molar-refractivity contribution is 5.78. The van der Waals surface area contributed by atoms with Gasteiger partial charge >= 0.3 is 12.4 Å². The Bertz CT molecular complexity index is 1260. The molecule has 2 heterocycles. The molecule has 37 heavy (non-hydrogen) atoms. The molecule has 1 aliphatic heterocycles. The largest absolute Gasteiger partial charge is 0.493 e. The lowest BCUT2D eigenvalue weighted by molar-refractivity contribution is -0.139. The quantitative estimate of drug-likeness (QED) is 0.148. The number of aromatic nitrogens is 2. The van der Waals surface area contributed by atoms with E-state index in [0.29, 0.717) is 24.9 Å². The van der Waals surface area contributed by atoms with Gasteiger partial charge in [0.25, 0.3) is 0 Å². The Balaban J connectivity index is 1.49. The Labute approximate surface area is 206 Å². The van der Waals surface area contributed by atoms with Gasteiger partial charge in [0.15, 0.2) is 0 Å². The van der Waals surface area contributed by atoms with Crippen LogP contribution in [0.15, 0.2) is 52.1 Å². The zero-order chi connectivity index (χ0) is 26.8. The summed E-state index contributed by atoms with van der Waals surface area (Å²) in [5, 5.41) is 15.7. The smallest absolute Gasteiger partial charge is 0.419 e. The van der Waals surface area contributed by atoms with Gasteiger partial charge in [0.05, 0.1) is 17.7 Å². The SMILES string of the molecule is N/C(=N\O)N1CCC[C@H]1c1nc(-c2ccc(OCCc3ccc(C(F)(F)F)cc3)c(C(F)(F)F)c2)no1. The minimum Gasteiger partial charge on any atom is -0.493 e. The van der Waals surface area contributed by atoms with Crippen LogP contribution in [0.3, 0.4) is 0 Å². The van der Waals surface area contributed by atoms with Crippen LogP contribution < -0.4 is 10.5 Å². The van der Waals surface area contributed by atoms with Crippen molar-refractivity contribution in [2.24, 2.45) is 10.9 Å². The number of nitrogens with zero attached hydrogens (tertiary/aromatic N) is 4. The van der Waals surface area contributed by atoms with Crippen LogP contribution in [0.2, 0.25) is 0 Å². The number of halogens is 6. The predicted octanol–water partition coefficient (Wildman–Crippen LogP) is 5.24. The van der Waals surface area contributed by atoms with Crippen LogP contribution in [0.4, 0.5) is 26.3 Å². The molecule has 0 aliphatic carbocycles. The summed E-state index contributed by atoms with van der Waals surface area (Å²) in [6, 6.07) is 7.12. The van der Waals surface area contributed by atoms with Gasteiger partial charge in [-0.05, 0) is 48.7 Å². The Kier molecular flexibility index (Phi) is 7.18. The summed E-state index contributed by atoms with van der Waals surface area (Å²) >= 11 is 0. The van der Waals surface area contributed by atoms with Crippen molar-refractivity contribution in [1.29, 1.82) is 0 Å². The minimum absolute atomic E-state index is 0.0331. The van der Waals surface area contributed by atoms with Crippen molar-refractivity contribution in [1.82, 2.24) is 15.0 Å². The van der Waals surface area contributed by atoms with Crippen molar-refractivity contribution in [3.05, 3.63) is 65.0 Å². The van der Waals surface area contributed by atoms with Crippen molar-refractivity contribution in [2.45, 2.75) is 37.7 Å². The molecule has 1 saturated heterocycles. The van der Waals surface area contributed by atoms with Crippen LogP contribution in [0.5, 0.6) is 5.75 Å². The maximum atomic E-state index is 13.8. The highest BCUT2D eigenvalue weighted by Gasteiger charge is 2.36. The van der Waals surface area contributed by atoms with Crippen molar-refractivity contribution in [2.75, 3.05) is 13.2 Å². The molecule has 0 amide bonds. The molecular formula is C23H21F6N5O3. The molecule has 1 aromatic heterocycles. The molecule has 1 fully saturated rings. The van der Waals surface area contributed by atoms with Crippen LogP contribution in [0.1, 0.15) is 41.5 Å². The van der Waals surface area contributed by atoms with Crippen molar-refractivity contribution in [3.8, 4) is 17.1 Å². The number of ether oxygens (including phenoxy) is 1. The summed E-state index contributed by atoms with van der Waals surface area (Å²) < 4.78 is 89.9.